The zero-order valence-electron chi connectivity index (χ0n) is 10.1. The number of carbonyl (C=O) groups excluding carboxylic acids is 1. The van der Waals surface area contributed by atoms with Crippen LogP contribution in [0.1, 0.15) is 30.1 Å². The molecule has 1 aromatic heterocycles. The molecule has 0 spiro atoms. The molecular weight excluding hydrogens is 234 g/mol. The molecule has 6 nitrogen and oxygen atoms in total. The van der Waals surface area contributed by atoms with Gasteiger partial charge in [0.25, 0.3) is 0 Å². The average molecular weight is 251 g/mol. The van der Waals surface area contributed by atoms with Crippen LogP contribution >= 0.6 is 0 Å². The number of pyridine rings is 1. The van der Waals surface area contributed by atoms with Crippen molar-refractivity contribution in [3.63, 3.8) is 0 Å². The van der Waals surface area contributed by atoms with E-state index >= 15 is 0 Å². The number of nitrogens with two attached hydrogens (primary N) is 1. The first-order valence-electron chi connectivity index (χ1n) is 5.96. The predicted molar refractivity (Wildman–Crippen MR) is 64.7 cm³/mol. The Labute approximate surface area is 105 Å². The highest BCUT2D eigenvalue weighted by Gasteiger charge is 2.19. The fourth-order valence-corrected chi connectivity index (χ4v) is 2.06. The van der Waals surface area contributed by atoms with E-state index in [9.17, 15) is 9.90 Å². The van der Waals surface area contributed by atoms with E-state index in [0.717, 1.165) is 31.7 Å². The van der Waals surface area contributed by atoms with Crippen molar-refractivity contribution in [1.29, 1.82) is 0 Å². The molecule has 0 aromatic carbocycles. The van der Waals surface area contributed by atoms with Crippen molar-refractivity contribution in [3.05, 3.63) is 23.5 Å². The summed E-state index contributed by atoms with van der Waals surface area (Å²) in [6.07, 6.45) is 1.82. The molecule has 1 saturated heterocycles. The number of hydrogen-bond acceptors (Lipinski definition) is 5. The van der Waals surface area contributed by atoms with Gasteiger partial charge in [0.15, 0.2) is 0 Å². The zero-order valence-corrected chi connectivity index (χ0v) is 10.1. The summed E-state index contributed by atoms with van der Waals surface area (Å²) in [5, 5.41) is 9.67. The van der Waals surface area contributed by atoms with Crippen LogP contribution in [0.15, 0.2) is 12.1 Å². The zero-order chi connectivity index (χ0) is 13.0. The van der Waals surface area contributed by atoms with Crippen LogP contribution in [-0.2, 0) is 16.0 Å². The van der Waals surface area contributed by atoms with E-state index in [1.165, 1.54) is 0 Å². The monoisotopic (exact) mass is 251 g/mol. The van der Waals surface area contributed by atoms with Crippen molar-refractivity contribution in [3.8, 4) is 5.75 Å². The largest absolute Gasteiger partial charge is 0.506 e. The Bertz CT molecular complexity index is 431. The van der Waals surface area contributed by atoms with Gasteiger partial charge in [0.1, 0.15) is 5.75 Å². The minimum absolute atomic E-state index is 0.0145. The molecule has 0 aliphatic carbocycles. The summed E-state index contributed by atoms with van der Waals surface area (Å²) in [5.41, 5.74) is 3.29. The number of nitrogens with one attached hydrogen (secondary N) is 1. The van der Waals surface area contributed by atoms with Gasteiger partial charge < -0.3 is 9.84 Å². The summed E-state index contributed by atoms with van der Waals surface area (Å²) in [4.78, 5) is 15.6. The minimum Gasteiger partial charge on any atom is -0.506 e. The van der Waals surface area contributed by atoms with Crippen LogP contribution in [0.5, 0.6) is 5.75 Å². The minimum atomic E-state index is -0.373. The molecule has 1 amide bonds. The number of hydrazine groups is 1. The summed E-state index contributed by atoms with van der Waals surface area (Å²) in [5.74, 6) is 5.01. The average Bonchev–Trinajstić information content (AvgIpc) is 2.42. The SMILES string of the molecule is NNC(=O)Cc1nc(C2CCOCC2)ccc1O. The first-order chi connectivity index (χ1) is 8.70. The van der Waals surface area contributed by atoms with Crippen LogP contribution in [0.4, 0.5) is 0 Å². The van der Waals surface area contributed by atoms with Crippen molar-refractivity contribution >= 4 is 5.91 Å². The number of aromatic hydroxyl groups is 1. The molecule has 2 heterocycles. The third-order valence-corrected chi connectivity index (χ3v) is 3.10. The fourth-order valence-electron chi connectivity index (χ4n) is 2.06. The third kappa shape index (κ3) is 2.96. The highest BCUT2D eigenvalue weighted by atomic mass is 16.5. The number of nitrogens with zero attached hydrogens (tertiary/aromatic N) is 1. The number of ether oxygens (including phenoxy) is 1. The van der Waals surface area contributed by atoms with Gasteiger partial charge in [-0.1, -0.05) is 0 Å². The highest BCUT2D eigenvalue weighted by Crippen LogP contribution is 2.27. The molecule has 1 aliphatic heterocycles. The number of hydrogen-bond donors (Lipinski definition) is 3. The van der Waals surface area contributed by atoms with E-state index in [1.54, 1.807) is 12.1 Å². The second-order valence-corrected chi connectivity index (χ2v) is 4.33. The Morgan fingerprint density at radius 1 is 1.50 bits per heavy atom. The van der Waals surface area contributed by atoms with E-state index < -0.39 is 0 Å². The Morgan fingerprint density at radius 3 is 2.89 bits per heavy atom. The van der Waals surface area contributed by atoms with Crippen LogP contribution in [-0.4, -0.2) is 29.2 Å². The van der Waals surface area contributed by atoms with Gasteiger partial charge in [0, 0.05) is 24.8 Å². The van der Waals surface area contributed by atoms with E-state index in [0.29, 0.717) is 11.6 Å². The Balaban J connectivity index is 2.16. The third-order valence-electron chi connectivity index (χ3n) is 3.10. The summed E-state index contributed by atoms with van der Waals surface area (Å²) in [6.45, 7) is 1.46. The van der Waals surface area contributed by atoms with Crippen molar-refractivity contribution in [2.24, 2.45) is 5.84 Å². The van der Waals surface area contributed by atoms with E-state index in [1.807, 2.05) is 5.43 Å². The van der Waals surface area contributed by atoms with Gasteiger partial charge in [0.05, 0.1) is 12.1 Å². The van der Waals surface area contributed by atoms with Gasteiger partial charge in [-0.05, 0) is 25.0 Å². The molecule has 1 fully saturated rings. The maximum Gasteiger partial charge on any atom is 0.240 e. The second-order valence-electron chi connectivity index (χ2n) is 4.33. The Hall–Kier alpha value is -1.66. The summed E-state index contributed by atoms with van der Waals surface area (Å²) < 4.78 is 5.30. The quantitative estimate of drug-likeness (QED) is 0.405. The molecule has 0 bridgehead atoms. The molecular formula is C12H17N3O3. The first kappa shape index (κ1) is 12.8. The molecule has 4 N–H and O–H groups in total. The highest BCUT2D eigenvalue weighted by molar-refractivity contribution is 5.78. The van der Waals surface area contributed by atoms with Crippen LogP contribution in [0.2, 0.25) is 0 Å². The lowest BCUT2D eigenvalue weighted by Crippen LogP contribution is -2.31. The van der Waals surface area contributed by atoms with E-state index in [4.69, 9.17) is 10.6 Å². The lowest BCUT2D eigenvalue weighted by atomic mass is 9.95. The topological polar surface area (TPSA) is 97.5 Å². The second kappa shape index (κ2) is 5.79. The maximum atomic E-state index is 11.2. The fraction of sp³-hybridized carbons (Fsp3) is 0.500. The molecule has 98 valence electrons. The summed E-state index contributed by atoms with van der Waals surface area (Å²) in [6, 6.07) is 3.38. The van der Waals surface area contributed by atoms with Crippen molar-refractivity contribution < 1.29 is 14.6 Å². The normalized spacial score (nSPS) is 16.5. The van der Waals surface area contributed by atoms with Crippen LogP contribution in [0.25, 0.3) is 0 Å². The van der Waals surface area contributed by atoms with Gasteiger partial charge in [-0.2, -0.15) is 0 Å². The van der Waals surface area contributed by atoms with Crippen LogP contribution in [0, 0.1) is 0 Å². The lowest BCUT2D eigenvalue weighted by Gasteiger charge is -2.22. The molecule has 0 atom stereocenters. The molecule has 2 rings (SSSR count). The maximum absolute atomic E-state index is 11.2. The molecule has 0 radical (unpaired) electrons. The Morgan fingerprint density at radius 2 is 2.22 bits per heavy atom. The van der Waals surface area contributed by atoms with Gasteiger partial charge in [-0.15, -0.1) is 0 Å². The first-order valence-corrected chi connectivity index (χ1v) is 5.96. The van der Waals surface area contributed by atoms with Crippen LogP contribution in [0.3, 0.4) is 0 Å². The van der Waals surface area contributed by atoms with Gasteiger partial charge in [-0.3, -0.25) is 15.2 Å². The van der Waals surface area contributed by atoms with E-state index in [2.05, 4.69) is 4.98 Å². The van der Waals surface area contributed by atoms with Crippen molar-refractivity contribution in [2.75, 3.05) is 13.2 Å². The van der Waals surface area contributed by atoms with Gasteiger partial charge >= 0.3 is 0 Å². The molecule has 0 unspecified atom stereocenters. The molecule has 1 aromatic rings. The number of aromatic nitrogens is 1. The molecule has 6 heteroatoms. The van der Waals surface area contributed by atoms with Gasteiger partial charge in [0.2, 0.25) is 5.91 Å². The number of carbonyl (C=O) groups is 1. The van der Waals surface area contributed by atoms with E-state index in [-0.39, 0.29) is 18.1 Å². The molecule has 0 saturated carbocycles. The van der Waals surface area contributed by atoms with Crippen LogP contribution < -0.4 is 11.3 Å². The smallest absolute Gasteiger partial charge is 0.240 e. The Kier molecular flexibility index (Phi) is 4.11. The van der Waals surface area contributed by atoms with Crippen molar-refractivity contribution in [1.82, 2.24) is 10.4 Å². The molecule has 18 heavy (non-hydrogen) atoms. The predicted octanol–water partition coefficient (Wildman–Crippen LogP) is 0.214. The molecule has 1 aliphatic rings. The van der Waals surface area contributed by atoms with Gasteiger partial charge in [-0.25, -0.2) is 5.84 Å². The number of rotatable bonds is 3. The summed E-state index contributed by atoms with van der Waals surface area (Å²) in [7, 11) is 0. The number of amides is 1. The lowest BCUT2D eigenvalue weighted by molar-refractivity contribution is -0.120. The standard InChI is InChI=1S/C12H17N3O3/c13-15-12(17)7-10-11(16)2-1-9(14-10)8-3-5-18-6-4-8/h1-2,8,16H,3-7,13H2,(H,15,17). The van der Waals surface area contributed by atoms with Crippen molar-refractivity contribution in [2.45, 2.75) is 25.2 Å². The summed E-state index contributed by atoms with van der Waals surface area (Å²) >= 11 is 0.